The molecule has 0 bridgehead atoms. The van der Waals surface area contributed by atoms with Crippen LogP contribution in [0.25, 0.3) is 0 Å². The van der Waals surface area contributed by atoms with Crippen molar-refractivity contribution >= 4 is 11.4 Å². The minimum absolute atomic E-state index is 0.109. The van der Waals surface area contributed by atoms with E-state index in [1.165, 1.54) is 31.4 Å². The minimum Gasteiger partial charge on any atom is -0.371 e. The topological polar surface area (TPSA) is 70.2 Å². The van der Waals surface area contributed by atoms with Gasteiger partial charge in [-0.05, 0) is 25.0 Å². The van der Waals surface area contributed by atoms with Crippen molar-refractivity contribution in [1.82, 2.24) is 0 Å². The van der Waals surface area contributed by atoms with Gasteiger partial charge in [0, 0.05) is 24.8 Å². The van der Waals surface area contributed by atoms with Crippen molar-refractivity contribution in [2.45, 2.75) is 38.1 Å². The van der Waals surface area contributed by atoms with Crippen molar-refractivity contribution in [2.24, 2.45) is 0 Å². The highest BCUT2D eigenvalue weighted by Crippen LogP contribution is 2.29. The van der Waals surface area contributed by atoms with Gasteiger partial charge in [-0.1, -0.05) is 19.3 Å². The first-order valence-corrected chi connectivity index (χ1v) is 6.55. The third kappa shape index (κ3) is 2.84. The van der Waals surface area contributed by atoms with E-state index in [0.717, 1.165) is 18.5 Å². The molecule has 5 nitrogen and oxygen atoms in total. The number of nitrogens with zero attached hydrogens (tertiary/aromatic N) is 3. The van der Waals surface area contributed by atoms with Crippen LogP contribution in [0.15, 0.2) is 18.2 Å². The number of nitro groups is 1. The molecule has 1 saturated carbocycles. The molecule has 0 N–H and O–H groups in total. The molecule has 0 aromatic heterocycles. The summed E-state index contributed by atoms with van der Waals surface area (Å²) in [4.78, 5) is 12.6. The van der Waals surface area contributed by atoms with Gasteiger partial charge < -0.3 is 4.90 Å². The monoisotopic (exact) mass is 259 g/mol. The average molecular weight is 259 g/mol. The second-order valence-electron chi connectivity index (χ2n) is 4.97. The summed E-state index contributed by atoms with van der Waals surface area (Å²) in [6, 6.07) is 7.14. The molecule has 1 fully saturated rings. The first-order chi connectivity index (χ1) is 9.13. The summed E-state index contributed by atoms with van der Waals surface area (Å²) in [7, 11) is 1.97. The van der Waals surface area contributed by atoms with Gasteiger partial charge in [0.05, 0.1) is 4.92 Å². The third-order valence-corrected chi connectivity index (χ3v) is 3.83. The highest BCUT2D eigenvalue weighted by atomic mass is 16.6. The molecular weight excluding hydrogens is 242 g/mol. The molecule has 100 valence electrons. The Morgan fingerprint density at radius 1 is 1.37 bits per heavy atom. The maximum absolute atomic E-state index is 11.0. The van der Waals surface area contributed by atoms with Gasteiger partial charge in [-0.15, -0.1) is 0 Å². The Hall–Kier alpha value is -2.09. The molecule has 1 aromatic rings. The first-order valence-electron chi connectivity index (χ1n) is 6.55. The van der Waals surface area contributed by atoms with Crippen molar-refractivity contribution < 1.29 is 4.92 Å². The van der Waals surface area contributed by atoms with Gasteiger partial charge in [0.25, 0.3) is 5.69 Å². The largest absolute Gasteiger partial charge is 0.371 e. The Morgan fingerprint density at radius 2 is 2.05 bits per heavy atom. The van der Waals surface area contributed by atoms with Gasteiger partial charge >= 0.3 is 0 Å². The fourth-order valence-electron chi connectivity index (χ4n) is 2.66. The maximum atomic E-state index is 11.0. The van der Waals surface area contributed by atoms with Gasteiger partial charge in [-0.25, -0.2) is 0 Å². The number of anilines is 1. The van der Waals surface area contributed by atoms with E-state index in [0.29, 0.717) is 6.04 Å². The van der Waals surface area contributed by atoms with E-state index in [9.17, 15) is 10.1 Å². The maximum Gasteiger partial charge on any atom is 0.289 e. The van der Waals surface area contributed by atoms with Crippen LogP contribution in [0.5, 0.6) is 0 Å². The van der Waals surface area contributed by atoms with Crippen LogP contribution in [0.1, 0.15) is 37.7 Å². The SMILES string of the molecule is CN(c1ccc(C#N)c([N+](=O)[O-])c1)C1CCCCC1. The van der Waals surface area contributed by atoms with Crippen LogP contribution >= 0.6 is 0 Å². The minimum atomic E-state index is -0.489. The quantitative estimate of drug-likeness (QED) is 0.617. The zero-order chi connectivity index (χ0) is 13.8. The summed E-state index contributed by atoms with van der Waals surface area (Å²) in [5.74, 6) is 0. The number of hydrogen-bond acceptors (Lipinski definition) is 4. The molecule has 0 atom stereocenters. The number of rotatable bonds is 3. The Bertz CT molecular complexity index is 516. The van der Waals surface area contributed by atoms with E-state index in [-0.39, 0.29) is 11.3 Å². The van der Waals surface area contributed by atoms with Crippen LogP contribution in [-0.2, 0) is 0 Å². The standard InChI is InChI=1S/C14H17N3O2/c1-16(12-5-3-2-4-6-12)13-8-7-11(10-15)14(9-13)17(18)19/h7-9,12H,2-6H2,1H3. The highest BCUT2D eigenvalue weighted by molar-refractivity contribution is 5.60. The van der Waals surface area contributed by atoms with Gasteiger partial charge in [-0.3, -0.25) is 10.1 Å². The predicted octanol–water partition coefficient (Wildman–Crippen LogP) is 3.24. The van der Waals surface area contributed by atoms with Crippen molar-refractivity contribution in [3.63, 3.8) is 0 Å². The molecule has 1 aliphatic rings. The van der Waals surface area contributed by atoms with Crippen molar-refractivity contribution in [3.8, 4) is 6.07 Å². The molecular formula is C14H17N3O2. The van der Waals surface area contributed by atoms with E-state index >= 15 is 0 Å². The van der Waals surface area contributed by atoms with Crippen molar-refractivity contribution in [3.05, 3.63) is 33.9 Å². The van der Waals surface area contributed by atoms with Crippen LogP contribution in [0.2, 0.25) is 0 Å². The van der Waals surface area contributed by atoms with Gasteiger partial charge in [-0.2, -0.15) is 5.26 Å². The molecule has 2 rings (SSSR count). The summed E-state index contributed by atoms with van der Waals surface area (Å²) in [6.45, 7) is 0. The Morgan fingerprint density at radius 3 is 2.63 bits per heavy atom. The summed E-state index contributed by atoms with van der Waals surface area (Å²) in [5.41, 5.74) is 0.825. The van der Waals surface area contributed by atoms with Gasteiger partial charge in [0.2, 0.25) is 0 Å². The van der Waals surface area contributed by atoms with E-state index in [4.69, 9.17) is 5.26 Å². The molecule has 0 saturated heterocycles. The molecule has 0 radical (unpaired) electrons. The van der Waals surface area contributed by atoms with Crippen LogP contribution in [-0.4, -0.2) is 18.0 Å². The summed E-state index contributed by atoms with van der Waals surface area (Å²) < 4.78 is 0. The number of nitro benzene ring substituents is 1. The normalized spacial score (nSPS) is 15.8. The number of hydrogen-bond donors (Lipinski definition) is 0. The molecule has 0 spiro atoms. The number of nitriles is 1. The lowest BCUT2D eigenvalue weighted by Crippen LogP contribution is -2.33. The van der Waals surface area contributed by atoms with Gasteiger partial charge in [0.1, 0.15) is 11.6 Å². The fourth-order valence-corrected chi connectivity index (χ4v) is 2.66. The molecule has 19 heavy (non-hydrogen) atoms. The first kappa shape index (κ1) is 13.3. The fraction of sp³-hybridized carbons (Fsp3) is 0.500. The number of benzene rings is 1. The molecule has 1 aliphatic carbocycles. The van der Waals surface area contributed by atoms with Gasteiger partial charge in [0.15, 0.2) is 0 Å². The van der Waals surface area contributed by atoms with Crippen LogP contribution in [0.3, 0.4) is 0 Å². The lowest BCUT2D eigenvalue weighted by atomic mass is 9.94. The summed E-state index contributed by atoms with van der Waals surface area (Å²) in [6.07, 6.45) is 5.97. The summed E-state index contributed by atoms with van der Waals surface area (Å²) in [5, 5.41) is 19.8. The Balaban J connectivity index is 2.27. The second-order valence-corrected chi connectivity index (χ2v) is 4.97. The third-order valence-electron chi connectivity index (χ3n) is 3.83. The molecule has 0 heterocycles. The van der Waals surface area contributed by atoms with Crippen LogP contribution in [0.4, 0.5) is 11.4 Å². The zero-order valence-electron chi connectivity index (χ0n) is 11.0. The lowest BCUT2D eigenvalue weighted by molar-refractivity contribution is -0.385. The summed E-state index contributed by atoms with van der Waals surface area (Å²) >= 11 is 0. The molecule has 5 heteroatoms. The second kappa shape index (κ2) is 5.70. The van der Waals surface area contributed by atoms with Crippen LogP contribution < -0.4 is 4.90 Å². The Labute approximate surface area is 112 Å². The van der Waals surface area contributed by atoms with Crippen molar-refractivity contribution in [1.29, 1.82) is 5.26 Å². The smallest absolute Gasteiger partial charge is 0.289 e. The molecule has 0 aliphatic heterocycles. The zero-order valence-corrected chi connectivity index (χ0v) is 11.0. The average Bonchev–Trinajstić information content (AvgIpc) is 2.46. The van der Waals surface area contributed by atoms with Crippen molar-refractivity contribution in [2.75, 3.05) is 11.9 Å². The van der Waals surface area contributed by atoms with E-state index < -0.39 is 4.92 Å². The highest BCUT2D eigenvalue weighted by Gasteiger charge is 2.21. The predicted molar refractivity (Wildman–Crippen MR) is 73.1 cm³/mol. The lowest BCUT2D eigenvalue weighted by Gasteiger charge is -2.32. The van der Waals surface area contributed by atoms with E-state index in [2.05, 4.69) is 4.90 Å². The van der Waals surface area contributed by atoms with E-state index in [1.54, 1.807) is 6.07 Å². The van der Waals surface area contributed by atoms with E-state index in [1.807, 2.05) is 13.1 Å². The molecule has 1 aromatic carbocycles. The molecule has 0 unspecified atom stereocenters. The van der Waals surface area contributed by atoms with Crippen LogP contribution in [0, 0.1) is 21.4 Å². The molecule has 0 amide bonds. The Kier molecular flexibility index (Phi) is 4.00.